The van der Waals surface area contributed by atoms with Crippen molar-refractivity contribution in [2.45, 2.75) is 56.9 Å². The lowest BCUT2D eigenvalue weighted by Crippen LogP contribution is -2.42. The highest BCUT2D eigenvalue weighted by molar-refractivity contribution is 5.74. The van der Waals surface area contributed by atoms with Crippen LogP contribution in [0.25, 0.3) is 0 Å². The smallest absolute Gasteiger partial charge is 0.321 e. The number of carbonyl (C=O) groups is 1. The summed E-state index contributed by atoms with van der Waals surface area (Å²) in [6.07, 6.45) is 8.59. The van der Waals surface area contributed by atoms with Crippen molar-refractivity contribution in [3.8, 4) is 0 Å². The second-order valence-corrected chi connectivity index (χ2v) is 11.0. The summed E-state index contributed by atoms with van der Waals surface area (Å²) in [4.78, 5) is 17.0. The zero-order valence-corrected chi connectivity index (χ0v) is 20.4. The van der Waals surface area contributed by atoms with Gasteiger partial charge in [0.2, 0.25) is 0 Å². The molecule has 1 saturated carbocycles. The number of benzene rings is 2. The molecule has 4 nitrogen and oxygen atoms in total. The van der Waals surface area contributed by atoms with Crippen molar-refractivity contribution in [3.05, 3.63) is 71.8 Å². The van der Waals surface area contributed by atoms with E-state index in [-0.39, 0.29) is 6.04 Å². The number of piperidine rings is 1. The monoisotopic (exact) mass is 460 g/mol. The van der Waals surface area contributed by atoms with Gasteiger partial charge in [0.1, 0.15) is 6.04 Å². The van der Waals surface area contributed by atoms with Crippen molar-refractivity contribution in [3.63, 3.8) is 0 Å². The maximum Gasteiger partial charge on any atom is 0.321 e. The number of aliphatic carboxylic acids is 1. The molecule has 3 aliphatic rings. The molecule has 0 spiro atoms. The van der Waals surface area contributed by atoms with Crippen LogP contribution in [0.15, 0.2) is 60.7 Å². The summed E-state index contributed by atoms with van der Waals surface area (Å²) in [6, 6.07) is 21.4. The highest BCUT2D eigenvalue weighted by Crippen LogP contribution is 2.41. The minimum absolute atomic E-state index is 0.286. The molecule has 0 radical (unpaired) electrons. The summed E-state index contributed by atoms with van der Waals surface area (Å²) in [5.41, 5.74) is 2.84. The van der Waals surface area contributed by atoms with Crippen LogP contribution in [0.5, 0.6) is 0 Å². The number of hydrogen-bond acceptors (Lipinski definition) is 3. The van der Waals surface area contributed by atoms with Crippen molar-refractivity contribution >= 4 is 5.97 Å². The molecule has 1 aliphatic carbocycles. The van der Waals surface area contributed by atoms with Crippen molar-refractivity contribution in [1.29, 1.82) is 0 Å². The highest BCUT2D eigenvalue weighted by atomic mass is 16.4. The van der Waals surface area contributed by atoms with Crippen LogP contribution in [-0.4, -0.2) is 59.6 Å². The first-order valence-corrected chi connectivity index (χ1v) is 13.5. The average Bonchev–Trinajstić information content (AvgIpc) is 3.61. The first kappa shape index (κ1) is 23.6. The molecule has 3 atom stereocenters. The minimum atomic E-state index is -0.619. The van der Waals surface area contributed by atoms with Crippen molar-refractivity contribution < 1.29 is 9.90 Å². The van der Waals surface area contributed by atoms with Gasteiger partial charge in [0, 0.05) is 25.6 Å². The van der Waals surface area contributed by atoms with Gasteiger partial charge in [-0.3, -0.25) is 9.69 Å². The third kappa shape index (κ3) is 5.90. The molecule has 1 N–H and O–H groups in total. The molecule has 2 aliphatic heterocycles. The fourth-order valence-electron chi connectivity index (χ4n) is 6.49. The third-order valence-electron chi connectivity index (χ3n) is 8.53. The molecule has 2 heterocycles. The van der Waals surface area contributed by atoms with Crippen molar-refractivity contribution in [2.75, 3.05) is 32.7 Å². The molecule has 0 unspecified atom stereocenters. The molecule has 2 saturated heterocycles. The number of aryl methyl sites for hydroxylation is 1. The molecule has 4 heteroatoms. The van der Waals surface area contributed by atoms with E-state index in [1.165, 1.54) is 56.3 Å². The Hall–Kier alpha value is -2.17. The third-order valence-corrected chi connectivity index (χ3v) is 8.53. The normalized spacial score (nSPS) is 25.4. The lowest BCUT2D eigenvalue weighted by Gasteiger charge is -2.35. The van der Waals surface area contributed by atoms with E-state index in [4.69, 9.17) is 0 Å². The van der Waals surface area contributed by atoms with Gasteiger partial charge in [-0.25, -0.2) is 0 Å². The summed E-state index contributed by atoms with van der Waals surface area (Å²) in [6.45, 7) is 5.30. The molecule has 5 rings (SSSR count). The van der Waals surface area contributed by atoms with Crippen LogP contribution >= 0.6 is 0 Å². The Bertz CT molecular complexity index is 906. The predicted molar refractivity (Wildman–Crippen MR) is 137 cm³/mol. The molecule has 3 fully saturated rings. The van der Waals surface area contributed by atoms with E-state index in [1.807, 2.05) is 0 Å². The van der Waals surface area contributed by atoms with Gasteiger partial charge in [0.05, 0.1) is 0 Å². The molecule has 182 valence electrons. The van der Waals surface area contributed by atoms with Crippen molar-refractivity contribution in [1.82, 2.24) is 9.80 Å². The predicted octanol–water partition coefficient (Wildman–Crippen LogP) is 5.30. The van der Waals surface area contributed by atoms with Crippen LogP contribution in [0, 0.1) is 17.8 Å². The largest absolute Gasteiger partial charge is 0.480 e. The van der Waals surface area contributed by atoms with Gasteiger partial charge in [-0.05, 0) is 80.5 Å². The van der Waals surface area contributed by atoms with E-state index in [0.717, 1.165) is 38.4 Å². The van der Waals surface area contributed by atoms with Crippen LogP contribution in [0.1, 0.15) is 55.6 Å². The summed E-state index contributed by atoms with van der Waals surface area (Å²) in [5.74, 6) is 1.55. The zero-order chi connectivity index (χ0) is 23.3. The SMILES string of the molecule is O=C(O)[C@@H](C1CC1)N1C[C@H](CN2CCC(CCCc3ccccc3)CC2)[C@@H](c2ccccc2)C1. The Morgan fingerprint density at radius 3 is 2.24 bits per heavy atom. The first-order valence-electron chi connectivity index (χ1n) is 13.5. The van der Waals surface area contributed by atoms with E-state index in [9.17, 15) is 9.90 Å². The molecular weight excluding hydrogens is 420 g/mol. The van der Waals surface area contributed by atoms with Crippen LogP contribution in [-0.2, 0) is 11.2 Å². The van der Waals surface area contributed by atoms with Crippen LogP contribution in [0.2, 0.25) is 0 Å². The number of carboxylic acids is 1. The Kier molecular flexibility index (Phi) is 7.66. The van der Waals surface area contributed by atoms with E-state index in [0.29, 0.717) is 17.8 Å². The van der Waals surface area contributed by atoms with Crippen LogP contribution < -0.4 is 0 Å². The van der Waals surface area contributed by atoms with E-state index >= 15 is 0 Å². The maximum atomic E-state index is 12.1. The Morgan fingerprint density at radius 2 is 1.59 bits per heavy atom. The van der Waals surface area contributed by atoms with Gasteiger partial charge >= 0.3 is 5.97 Å². The maximum absolute atomic E-state index is 12.1. The lowest BCUT2D eigenvalue weighted by atomic mass is 9.87. The van der Waals surface area contributed by atoms with Gasteiger partial charge in [-0.2, -0.15) is 0 Å². The van der Waals surface area contributed by atoms with Crippen LogP contribution in [0.3, 0.4) is 0 Å². The number of carboxylic acid groups (broad SMARTS) is 1. The molecule has 0 amide bonds. The van der Waals surface area contributed by atoms with E-state index < -0.39 is 5.97 Å². The second kappa shape index (κ2) is 11.0. The van der Waals surface area contributed by atoms with Gasteiger partial charge < -0.3 is 10.0 Å². The molecule has 0 aromatic heterocycles. The summed E-state index contributed by atoms with van der Waals surface area (Å²) in [7, 11) is 0. The van der Waals surface area contributed by atoms with Crippen molar-refractivity contribution in [2.24, 2.45) is 17.8 Å². The number of rotatable bonds is 10. The highest BCUT2D eigenvalue weighted by Gasteiger charge is 2.46. The number of hydrogen-bond donors (Lipinski definition) is 1. The molecule has 34 heavy (non-hydrogen) atoms. The Morgan fingerprint density at radius 1 is 0.912 bits per heavy atom. The summed E-state index contributed by atoms with van der Waals surface area (Å²) < 4.78 is 0. The van der Waals surface area contributed by atoms with E-state index in [1.54, 1.807) is 0 Å². The number of nitrogens with zero attached hydrogens (tertiary/aromatic N) is 2. The quantitative estimate of drug-likeness (QED) is 0.523. The molecule has 0 bridgehead atoms. The van der Waals surface area contributed by atoms with Gasteiger partial charge in [-0.1, -0.05) is 67.1 Å². The molecule has 2 aromatic rings. The topological polar surface area (TPSA) is 43.8 Å². The minimum Gasteiger partial charge on any atom is -0.480 e. The number of likely N-dealkylation sites (tertiary alicyclic amines) is 2. The van der Waals surface area contributed by atoms with E-state index in [2.05, 4.69) is 70.5 Å². The summed E-state index contributed by atoms with van der Waals surface area (Å²) >= 11 is 0. The van der Waals surface area contributed by atoms with Gasteiger partial charge in [-0.15, -0.1) is 0 Å². The Balaban J connectivity index is 1.15. The zero-order valence-electron chi connectivity index (χ0n) is 20.4. The molecular formula is C30H40N2O2. The van der Waals surface area contributed by atoms with Crippen LogP contribution in [0.4, 0.5) is 0 Å². The lowest BCUT2D eigenvalue weighted by molar-refractivity contribution is -0.143. The fourth-order valence-corrected chi connectivity index (χ4v) is 6.49. The standard InChI is InChI=1S/C30H40N2O2/c33-30(34)29(26-14-15-26)32-21-27(28(22-32)25-12-5-2-6-13-25)20-31-18-16-24(17-19-31)11-7-10-23-8-3-1-4-9-23/h1-6,8-9,12-13,24,26-29H,7,10-11,14-22H2,(H,33,34)/t27-,28+,29+/m0/s1. The average molecular weight is 461 g/mol. The Labute approximate surface area is 205 Å². The fraction of sp³-hybridized carbons (Fsp3) is 0.567. The second-order valence-electron chi connectivity index (χ2n) is 11.0. The first-order chi connectivity index (χ1) is 16.7. The molecule has 2 aromatic carbocycles. The van der Waals surface area contributed by atoms with Gasteiger partial charge in [0.15, 0.2) is 0 Å². The van der Waals surface area contributed by atoms with Gasteiger partial charge in [0.25, 0.3) is 0 Å². The summed E-state index contributed by atoms with van der Waals surface area (Å²) in [5, 5.41) is 9.93.